The molecule has 0 radical (unpaired) electrons. The lowest BCUT2D eigenvalue weighted by Crippen LogP contribution is -2.31. The van der Waals surface area contributed by atoms with Gasteiger partial charge in [-0.05, 0) is 0 Å². The lowest BCUT2D eigenvalue weighted by atomic mass is 10.1. The number of nitrogens with zero attached hydrogens (tertiary/aromatic N) is 2. The van der Waals surface area contributed by atoms with Crippen LogP contribution >= 0.6 is 0 Å². The van der Waals surface area contributed by atoms with E-state index < -0.39 is 11.8 Å². The molecule has 48 heavy (non-hydrogen) atoms. The topological polar surface area (TPSA) is 244 Å². The average molecular weight is 689 g/mol. The van der Waals surface area contributed by atoms with E-state index >= 15 is 0 Å². The van der Waals surface area contributed by atoms with E-state index in [1.165, 1.54) is 0 Å². The van der Waals surface area contributed by atoms with Gasteiger partial charge in [0.2, 0.25) is 11.8 Å². The maximum atomic E-state index is 12.2. The number of hydrogen-bond acceptors (Lipinski definition) is 14. The fourth-order valence-electron chi connectivity index (χ4n) is 3.76. The van der Waals surface area contributed by atoms with E-state index in [0.29, 0.717) is 79.3 Å². The molecule has 0 fully saturated rings. The molecule has 0 aromatic carbocycles. The molecule has 0 aliphatic carbocycles. The van der Waals surface area contributed by atoms with Crippen LogP contribution in [0.4, 0.5) is 0 Å². The molecule has 4 amide bonds. The smallest absolute Gasteiger partial charge is 0.269 e. The van der Waals surface area contributed by atoms with Crippen LogP contribution in [0.2, 0.25) is 0 Å². The number of primary amides is 2. The van der Waals surface area contributed by atoms with Crippen LogP contribution in [0.3, 0.4) is 0 Å². The van der Waals surface area contributed by atoms with Gasteiger partial charge in [0.25, 0.3) is 11.8 Å². The molecule has 0 bridgehead atoms. The number of nitrogens with one attached hydrogen (secondary N) is 2. The summed E-state index contributed by atoms with van der Waals surface area (Å²) in [6, 6.07) is 0. The van der Waals surface area contributed by atoms with Crippen LogP contribution in [-0.2, 0) is 60.3 Å². The predicted molar refractivity (Wildman–Crippen MR) is 170 cm³/mol. The fraction of sp³-hybridized carbons (Fsp3) is 0.733. The van der Waals surface area contributed by atoms with E-state index in [-0.39, 0.29) is 86.6 Å². The molecule has 1 aromatic heterocycles. The number of hydrogen-bond donors (Lipinski definition) is 4. The van der Waals surface area contributed by atoms with Crippen LogP contribution in [0.15, 0.2) is 0 Å². The van der Waals surface area contributed by atoms with Crippen molar-refractivity contribution in [1.82, 2.24) is 20.6 Å². The van der Waals surface area contributed by atoms with Gasteiger partial charge in [0, 0.05) is 53.0 Å². The zero-order valence-electron chi connectivity index (χ0n) is 28.1. The number of amides is 4. The summed E-state index contributed by atoms with van der Waals surface area (Å²) in [6.45, 7) is 5.81. The summed E-state index contributed by atoms with van der Waals surface area (Å²) in [7, 11) is 3.20. The van der Waals surface area contributed by atoms with Gasteiger partial charge in [-0.25, -0.2) is 9.97 Å². The van der Waals surface area contributed by atoms with Crippen LogP contribution < -0.4 is 22.1 Å². The summed E-state index contributed by atoms with van der Waals surface area (Å²) in [4.78, 5) is 57.1. The fourth-order valence-corrected chi connectivity index (χ4v) is 3.76. The molecular formula is C30H52N6O12. The highest BCUT2D eigenvalue weighted by Crippen LogP contribution is 2.11. The van der Waals surface area contributed by atoms with Crippen molar-refractivity contribution in [3.05, 3.63) is 22.8 Å². The Balaban J connectivity index is 2.36. The van der Waals surface area contributed by atoms with Gasteiger partial charge in [-0.15, -0.1) is 0 Å². The van der Waals surface area contributed by atoms with Crippen LogP contribution in [0.1, 0.15) is 45.2 Å². The zero-order valence-corrected chi connectivity index (χ0v) is 28.1. The summed E-state index contributed by atoms with van der Waals surface area (Å²) in [6.07, 6.45) is 0.363. The Morgan fingerprint density at radius 2 is 0.792 bits per heavy atom. The van der Waals surface area contributed by atoms with E-state index in [2.05, 4.69) is 20.6 Å². The van der Waals surface area contributed by atoms with Gasteiger partial charge >= 0.3 is 0 Å². The van der Waals surface area contributed by atoms with Gasteiger partial charge in [-0.1, -0.05) is 0 Å². The minimum atomic E-state index is -0.859. The lowest BCUT2D eigenvalue weighted by molar-refractivity contribution is -0.123. The zero-order chi connectivity index (χ0) is 35.2. The molecule has 18 nitrogen and oxygen atoms in total. The maximum absolute atomic E-state index is 12.2. The monoisotopic (exact) mass is 688 g/mol. The average Bonchev–Trinajstić information content (AvgIpc) is 3.06. The molecule has 0 aliphatic rings. The number of rotatable bonds is 32. The van der Waals surface area contributed by atoms with Crippen LogP contribution in [0, 0.1) is 0 Å². The van der Waals surface area contributed by atoms with Crippen molar-refractivity contribution in [1.29, 1.82) is 0 Å². The second kappa shape index (κ2) is 28.6. The Hall–Kier alpha value is -3.36. The Kier molecular flexibility index (Phi) is 25.5. The molecule has 0 unspecified atom stereocenters. The van der Waals surface area contributed by atoms with Crippen LogP contribution in [-0.4, -0.2) is 153 Å². The van der Waals surface area contributed by atoms with Crippen LogP contribution in [0.25, 0.3) is 0 Å². The van der Waals surface area contributed by atoms with E-state index in [1.54, 1.807) is 14.2 Å². The third kappa shape index (κ3) is 21.5. The third-order valence-corrected chi connectivity index (χ3v) is 6.17. The Bertz CT molecular complexity index is 984. The van der Waals surface area contributed by atoms with E-state index in [9.17, 15) is 19.2 Å². The SMILES string of the molecule is COCCOCCOCCOCCC(=O)NCCc1nc(C(N)=O)c(CCNC(=O)CCOCCOCCOCCOC)nc1C(N)=O. The van der Waals surface area contributed by atoms with Gasteiger partial charge in [-0.3, -0.25) is 19.2 Å². The number of ether oxygens (including phenoxy) is 8. The highest BCUT2D eigenvalue weighted by molar-refractivity contribution is 5.95. The highest BCUT2D eigenvalue weighted by atomic mass is 16.6. The quantitative estimate of drug-likeness (QED) is 0.0609. The summed E-state index contributed by atoms with van der Waals surface area (Å²) < 4.78 is 41.8. The number of carbonyl (C=O) groups is 4. The third-order valence-electron chi connectivity index (χ3n) is 6.17. The van der Waals surface area contributed by atoms with Crippen molar-refractivity contribution in [2.24, 2.45) is 11.5 Å². The van der Waals surface area contributed by atoms with Crippen molar-refractivity contribution in [2.75, 3.05) is 120 Å². The van der Waals surface area contributed by atoms with Gasteiger partial charge in [0.05, 0.1) is 104 Å². The number of carbonyl (C=O) groups excluding carboxylic acids is 4. The van der Waals surface area contributed by atoms with Crippen LogP contribution in [0.5, 0.6) is 0 Å². The minimum Gasteiger partial charge on any atom is -0.382 e. The van der Waals surface area contributed by atoms with Gasteiger partial charge in [0.1, 0.15) is 11.4 Å². The summed E-state index contributed by atoms with van der Waals surface area (Å²) >= 11 is 0. The largest absolute Gasteiger partial charge is 0.382 e. The molecule has 274 valence electrons. The molecule has 1 rings (SSSR count). The summed E-state index contributed by atoms with van der Waals surface area (Å²) in [5.74, 6) is -2.28. The van der Waals surface area contributed by atoms with E-state index in [4.69, 9.17) is 49.4 Å². The number of aromatic nitrogens is 2. The first-order chi connectivity index (χ1) is 23.3. The second-order valence-electron chi connectivity index (χ2n) is 9.90. The van der Waals surface area contributed by atoms with Gasteiger partial charge < -0.3 is 60.0 Å². The molecular weight excluding hydrogens is 636 g/mol. The Morgan fingerprint density at radius 1 is 0.500 bits per heavy atom. The number of nitrogens with two attached hydrogens (primary N) is 2. The Labute approximate surface area is 281 Å². The van der Waals surface area contributed by atoms with Gasteiger partial charge in [0.15, 0.2) is 0 Å². The molecule has 0 saturated heterocycles. The molecule has 18 heteroatoms. The summed E-state index contributed by atoms with van der Waals surface area (Å²) in [5, 5.41) is 5.40. The molecule has 0 atom stereocenters. The molecule has 0 saturated carbocycles. The number of methoxy groups -OCH3 is 2. The molecule has 1 heterocycles. The standard InChI is InChI=1S/C30H52N6O12/c1-41-11-13-45-19-21-47-17-15-43-9-5-25(37)33-7-3-23-27(29(31)39)36-24(28(35-23)30(32)40)4-8-34-26(38)6-10-44-16-18-48-22-20-46-14-12-42-2/h3-22H2,1-2H3,(H2,31,39)(H2,32,40)(H,33,37)(H,34,38). The molecule has 1 aromatic rings. The molecule has 0 aliphatic heterocycles. The molecule has 0 spiro atoms. The van der Waals surface area contributed by atoms with Gasteiger partial charge in [-0.2, -0.15) is 0 Å². The van der Waals surface area contributed by atoms with Crippen molar-refractivity contribution >= 4 is 23.6 Å². The van der Waals surface area contributed by atoms with E-state index in [0.717, 1.165) is 0 Å². The van der Waals surface area contributed by atoms with Crippen molar-refractivity contribution in [3.8, 4) is 0 Å². The minimum absolute atomic E-state index is 0.0721. The second-order valence-corrected chi connectivity index (χ2v) is 9.90. The van der Waals surface area contributed by atoms with Crippen molar-refractivity contribution in [3.63, 3.8) is 0 Å². The highest BCUT2D eigenvalue weighted by Gasteiger charge is 2.20. The first-order valence-electron chi connectivity index (χ1n) is 15.8. The predicted octanol–water partition coefficient (Wildman–Crippen LogP) is -1.84. The lowest BCUT2D eigenvalue weighted by Gasteiger charge is -2.13. The Morgan fingerprint density at radius 3 is 1.08 bits per heavy atom. The summed E-state index contributed by atoms with van der Waals surface area (Å²) in [5.41, 5.74) is 11.0. The normalized spacial score (nSPS) is 11.0. The first-order valence-corrected chi connectivity index (χ1v) is 15.8. The van der Waals surface area contributed by atoms with Crippen molar-refractivity contribution < 1.29 is 57.1 Å². The molecule has 6 N–H and O–H groups in total. The van der Waals surface area contributed by atoms with Crippen molar-refractivity contribution in [2.45, 2.75) is 25.7 Å². The van der Waals surface area contributed by atoms with E-state index in [1.807, 2.05) is 0 Å². The maximum Gasteiger partial charge on any atom is 0.269 e. The first kappa shape index (κ1) is 42.7.